The topological polar surface area (TPSA) is 77.5 Å². The van der Waals surface area contributed by atoms with Crippen LogP contribution in [0, 0.1) is 5.92 Å². The van der Waals surface area contributed by atoms with Gasteiger partial charge in [0.25, 0.3) is 0 Å². The maximum Gasteiger partial charge on any atom is 0.410 e. The third-order valence-corrected chi connectivity index (χ3v) is 6.90. The summed E-state index contributed by atoms with van der Waals surface area (Å²) in [5.41, 5.74) is 0.155. The number of carbonyl (C=O) groups excluding carboxylic acids is 1. The number of likely N-dealkylation sites (tertiary alicyclic amines) is 1. The maximum absolute atomic E-state index is 12.7. The van der Waals surface area contributed by atoms with Gasteiger partial charge in [-0.1, -0.05) is 6.07 Å². The number of hydrogen-bond acceptors (Lipinski definition) is 5. The lowest BCUT2D eigenvalue weighted by atomic mass is 9.91. The fourth-order valence-electron chi connectivity index (χ4n) is 3.78. The molecular weight excluding hydrogens is 398 g/mol. The first-order valence-electron chi connectivity index (χ1n) is 10.8. The summed E-state index contributed by atoms with van der Waals surface area (Å²) in [6, 6.07) is 5.73. The molecule has 0 spiro atoms. The van der Waals surface area contributed by atoms with E-state index in [4.69, 9.17) is 4.74 Å². The van der Waals surface area contributed by atoms with Crippen LogP contribution in [-0.2, 0) is 16.1 Å². The number of nitrogens with zero attached hydrogens (tertiary/aromatic N) is 2. The Kier molecular flexibility index (Phi) is 7.86. The van der Waals surface area contributed by atoms with Crippen molar-refractivity contribution in [1.82, 2.24) is 14.6 Å². The van der Waals surface area contributed by atoms with Crippen LogP contribution in [0.25, 0.3) is 0 Å². The number of nitrogens with one attached hydrogen (secondary N) is 1. The van der Waals surface area contributed by atoms with Crippen molar-refractivity contribution in [3.05, 3.63) is 30.1 Å². The summed E-state index contributed by atoms with van der Waals surface area (Å²) in [5, 5.41) is 0. The summed E-state index contributed by atoms with van der Waals surface area (Å²) in [4.78, 5) is 19.0. The van der Waals surface area contributed by atoms with Crippen molar-refractivity contribution in [3.8, 4) is 0 Å². The number of hydrogen-bond donors (Lipinski definition) is 1. The van der Waals surface area contributed by atoms with E-state index in [1.807, 2.05) is 64.6 Å². The molecule has 170 valence electrons. The standard InChI is InChI=1S/C23H39N3O3S/c1-21(2,3)29-20(27)26-16-17(15-23(26,7)8)12-13-19(18-11-9-10-14-24-18)25-30(28)22(4,5)6/h9-11,14,17,19,25H,12-13,15-16H2,1-8H3/t17-,19?,30-/m0/s1. The minimum atomic E-state index is -1.19. The third-order valence-electron chi connectivity index (χ3n) is 5.29. The van der Waals surface area contributed by atoms with E-state index in [1.165, 1.54) is 0 Å². The quantitative estimate of drug-likeness (QED) is 0.634. The van der Waals surface area contributed by atoms with Gasteiger partial charge >= 0.3 is 6.09 Å². The first kappa shape index (κ1) is 25.0. The smallest absolute Gasteiger partial charge is 0.410 e. The highest BCUT2D eigenvalue weighted by Crippen LogP contribution is 2.37. The summed E-state index contributed by atoms with van der Waals surface area (Å²) in [5.74, 6) is 0.364. The zero-order chi connectivity index (χ0) is 22.7. The molecular formula is C23H39N3O3S. The second-order valence-electron chi connectivity index (χ2n) is 10.9. The Morgan fingerprint density at radius 1 is 1.33 bits per heavy atom. The molecule has 2 rings (SSSR count). The summed E-state index contributed by atoms with van der Waals surface area (Å²) < 4.78 is 21.3. The lowest BCUT2D eigenvalue weighted by molar-refractivity contribution is 0.0131. The number of ether oxygens (including phenoxy) is 1. The number of carbonyl (C=O) groups is 1. The van der Waals surface area contributed by atoms with Crippen LogP contribution < -0.4 is 4.72 Å². The summed E-state index contributed by atoms with van der Waals surface area (Å²) >= 11 is -1.19. The second-order valence-corrected chi connectivity index (χ2v) is 12.9. The van der Waals surface area contributed by atoms with E-state index < -0.39 is 17.0 Å². The highest BCUT2D eigenvalue weighted by Gasteiger charge is 2.43. The third kappa shape index (κ3) is 7.13. The van der Waals surface area contributed by atoms with E-state index in [9.17, 15) is 9.35 Å². The maximum atomic E-state index is 12.7. The van der Waals surface area contributed by atoms with Crippen LogP contribution in [0.3, 0.4) is 0 Å². The van der Waals surface area contributed by atoms with Crippen LogP contribution in [0.2, 0.25) is 0 Å². The first-order chi connectivity index (χ1) is 13.7. The van der Waals surface area contributed by atoms with E-state index in [1.54, 1.807) is 6.20 Å². The highest BCUT2D eigenvalue weighted by molar-refractivity contribution is 7.90. The average Bonchev–Trinajstić information content (AvgIpc) is 2.91. The van der Waals surface area contributed by atoms with Crippen molar-refractivity contribution in [2.24, 2.45) is 5.92 Å². The van der Waals surface area contributed by atoms with Gasteiger partial charge in [0.2, 0.25) is 0 Å². The molecule has 7 heteroatoms. The Balaban J connectivity index is 2.05. The fraction of sp³-hybridized carbons (Fsp3) is 0.739. The van der Waals surface area contributed by atoms with Crippen molar-refractivity contribution in [1.29, 1.82) is 0 Å². The molecule has 6 nitrogen and oxygen atoms in total. The molecule has 0 aromatic carbocycles. The summed E-state index contributed by atoms with van der Waals surface area (Å²) in [6.07, 6.45) is 4.17. The van der Waals surface area contributed by atoms with E-state index in [-0.39, 0.29) is 22.4 Å². The van der Waals surface area contributed by atoms with E-state index >= 15 is 0 Å². The fourth-order valence-corrected chi connectivity index (χ4v) is 4.63. The molecule has 1 aromatic rings. The lowest BCUT2D eigenvalue weighted by Gasteiger charge is -2.33. The van der Waals surface area contributed by atoms with Gasteiger partial charge in [-0.25, -0.2) is 4.79 Å². The van der Waals surface area contributed by atoms with Crippen molar-refractivity contribution in [2.45, 2.75) is 96.6 Å². The van der Waals surface area contributed by atoms with Gasteiger partial charge in [0.1, 0.15) is 10.3 Å². The predicted octanol–water partition coefficient (Wildman–Crippen LogP) is 4.99. The van der Waals surface area contributed by atoms with E-state index in [0.717, 1.165) is 25.0 Å². The van der Waals surface area contributed by atoms with Crippen LogP contribution in [0.15, 0.2) is 24.4 Å². The van der Waals surface area contributed by atoms with Gasteiger partial charge in [-0.05, 0) is 92.7 Å². The number of amides is 1. The molecule has 1 unspecified atom stereocenters. The minimum Gasteiger partial charge on any atom is -0.598 e. The second kappa shape index (κ2) is 9.45. The molecule has 1 amide bonds. The predicted molar refractivity (Wildman–Crippen MR) is 122 cm³/mol. The van der Waals surface area contributed by atoms with Gasteiger partial charge in [-0.2, -0.15) is 0 Å². The van der Waals surface area contributed by atoms with Gasteiger partial charge in [0, 0.05) is 29.6 Å². The molecule has 0 saturated carbocycles. The van der Waals surface area contributed by atoms with Crippen molar-refractivity contribution in [3.63, 3.8) is 0 Å². The van der Waals surface area contributed by atoms with Gasteiger partial charge < -0.3 is 14.2 Å². The largest absolute Gasteiger partial charge is 0.598 e. The molecule has 1 aromatic heterocycles. The molecule has 1 N–H and O–H groups in total. The molecule has 1 aliphatic heterocycles. The number of rotatable bonds is 6. The Labute approximate surface area is 185 Å². The van der Waals surface area contributed by atoms with Gasteiger partial charge in [-0.3, -0.25) is 4.98 Å². The Bertz CT molecular complexity index is 698. The van der Waals surface area contributed by atoms with Crippen molar-refractivity contribution < 1.29 is 14.1 Å². The Hall–Kier alpha value is -1.31. The molecule has 1 aliphatic rings. The zero-order valence-electron chi connectivity index (χ0n) is 19.8. The minimum absolute atomic E-state index is 0.0926. The monoisotopic (exact) mass is 437 g/mol. The highest BCUT2D eigenvalue weighted by atomic mass is 32.2. The molecule has 0 radical (unpaired) electrons. The van der Waals surface area contributed by atoms with Crippen molar-refractivity contribution >= 4 is 17.5 Å². The molecule has 2 heterocycles. The van der Waals surface area contributed by atoms with Crippen LogP contribution in [-0.4, -0.2) is 43.0 Å². The van der Waals surface area contributed by atoms with Gasteiger partial charge in [0.05, 0.1) is 11.7 Å². The molecule has 30 heavy (non-hydrogen) atoms. The Morgan fingerprint density at radius 2 is 2.00 bits per heavy atom. The average molecular weight is 438 g/mol. The molecule has 1 saturated heterocycles. The Morgan fingerprint density at radius 3 is 2.53 bits per heavy atom. The van der Waals surface area contributed by atoms with E-state index in [0.29, 0.717) is 12.5 Å². The van der Waals surface area contributed by atoms with E-state index in [2.05, 4.69) is 23.6 Å². The van der Waals surface area contributed by atoms with Crippen LogP contribution >= 0.6 is 0 Å². The lowest BCUT2D eigenvalue weighted by Crippen LogP contribution is -2.45. The summed E-state index contributed by atoms with van der Waals surface area (Å²) in [6.45, 7) is 16.4. The molecule has 1 fully saturated rings. The van der Waals surface area contributed by atoms with Crippen LogP contribution in [0.4, 0.5) is 4.79 Å². The normalized spacial score (nSPS) is 21.4. The zero-order valence-corrected chi connectivity index (χ0v) is 20.6. The first-order valence-corrected chi connectivity index (χ1v) is 11.9. The SMILES string of the molecule is CC(C)(C)OC(=O)N1C[C@@H](CCC(N[S@@+]([O-])C(C)(C)C)c2ccccn2)CC1(C)C. The van der Waals surface area contributed by atoms with Crippen LogP contribution in [0.5, 0.6) is 0 Å². The molecule has 0 aliphatic carbocycles. The van der Waals surface area contributed by atoms with Gasteiger partial charge in [-0.15, -0.1) is 4.72 Å². The summed E-state index contributed by atoms with van der Waals surface area (Å²) in [7, 11) is 0. The van der Waals surface area contributed by atoms with Gasteiger partial charge in [0.15, 0.2) is 0 Å². The van der Waals surface area contributed by atoms with Crippen molar-refractivity contribution in [2.75, 3.05) is 6.54 Å². The number of aromatic nitrogens is 1. The molecule has 0 bridgehead atoms. The van der Waals surface area contributed by atoms with Crippen LogP contribution in [0.1, 0.15) is 86.4 Å². The molecule has 3 atom stereocenters. The number of pyridine rings is 1.